The Morgan fingerprint density at radius 3 is 2.53 bits per heavy atom. The van der Waals surface area contributed by atoms with Gasteiger partial charge in [-0.2, -0.15) is 5.10 Å². The molecule has 19 heteroatoms. The Bertz CT molecular complexity index is 1540. The van der Waals surface area contributed by atoms with Gasteiger partial charge < -0.3 is 51.4 Å². The zero-order valence-electron chi connectivity index (χ0n) is 24.1. The third-order valence-corrected chi connectivity index (χ3v) is 7.66. The highest BCUT2D eigenvalue weighted by Gasteiger charge is 2.37. The minimum Gasteiger partial charge on any atom is -0.396 e. The molecule has 3 aromatic heterocycles. The first kappa shape index (κ1) is 32.4. The van der Waals surface area contributed by atoms with Gasteiger partial charge in [0.05, 0.1) is 47.8 Å². The summed E-state index contributed by atoms with van der Waals surface area (Å²) in [5.41, 5.74) is 7.10. The summed E-state index contributed by atoms with van der Waals surface area (Å²) in [6.45, 7) is 1.93. The number of anilines is 2. The summed E-state index contributed by atoms with van der Waals surface area (Å²) in [7, 11) is 0. The zero-order valence-corrected chi connectivity index (χ0v) is 24.8. The second-order valence-corrected chi connectivity index (χ2v) is 11.0. The number of allylic oxidation sites excluding steroid dienone is 1. The Kier molecular flexibility index (Phi) is 9.46. The number of halogens is 1. The number of oxime groups is 1. The zero-order chi connectivity index (χ0) is 32.4. The molecule has 1 atom stereocenters. The number of aromatic nitrogens is 6. The maximum absolute atomic E-state index is 11.0. The molecule has 2 aliphatic rings. The molecule has 242 valence electrons. The van der Waals surface area contributed by atoms with Gasteiger partial charge in [-0.15, -0.1) is 0 Å². The van der Waals surface area contributed by atoms with Gasteiger partial charge >= 0.3 is 5.97 Å². The van der Waals surface area contributed by atoms with Crippen LogP contribution in [0.3, 0.4) is 0 Å². The maximum atomic E-state index is 11.0. The number of hydrogen-bond donors (Lipinski definition) is 9. The third kappa shape index (κ3) is 7.63. The van der Waals surface area contributed by atoms with Crippen LogP contribution in [0.4, 0.5) is 11.8 Å². The van der Waals surface area contributed by atoms with Gasteiger partial charge in [0.1, 0.15) is 17.1 Å². The van der Waals surface area contributed by atoms with E-state index in [9.17, 15) is 30.6 Å². The van der Waals surface area contributed by atoms with Crippen molar-refractivity contribution in [1.82, 2.24) is 35.0 Å². The Labute approximate surface area is 261 Å². The van der Waals surface area contributed by atoms with Crippen LogP contribution in [0.1, 0.15) is 43.9 Å². The molecule has 1 saturated carbocycles. The fraction of sp³-hybridized carbons (Fsp3) is 0.462. The molecular weight excluding hydrogens is 614 g/mol. The molecule has 1 aliphatic heterocycles. The molecular formula is C26H34ClN11O7. The molecule has 45 heavy (non-hydrogen) atoms. The monoisotopic (exact) mass is 647 g/mol. The van der Waals surface area contributed by atoms with Gasteiger partial charge in [-0.05, 0) is 32.6 Å². The van der Waals surface area contributed by atoms with E-state index in [4.69, 9.17) is 17.3 Å². The van der Waals surface area contributed by atoms with Gasteiger partial charge in [0.25, 0.3) is 5.97 Å². The molecule has 10 N–H and O–H groups in total. The topological polar surface area (TPSA) is 266 Å². The number of nitrogens with zero attached hydrogens (tertiary/aromatic N) is 8. The fourth-order valence-corrected chi connectivity index (χ4v) is 5.19. The molecule has 1 fully saturated rings. The van der Waals surface area contributed by atoms with Crippen LogP contribution in [0.2, 0.25) is 0 Å². The van der Waals surface area contributed by atoms with Crippen molar-refractivity contribution in [3.05, 3.63) is 47.3 Å². The standard InChI is InChI=1S/C26H34ClN11O7/c1-2-37-12-14(7-33-37)19-10-30-20(11-29-19)38(24(39)32-13-25(40,41)42)16-5-3-15(4-6-16)35-23-31-8-17-22(36-23)21(28)18(27)9-34-45-26(17,43)44/h7-12,15-16,24,32,39-44H,2-6,13,28H2,1H3,(H,31,35,36). The molecule has 3 aromatic rings. The second kappa shape index (κ2) is 13.2. The SMILES string of the molecule is CCn1cc(-c2cnc(N(C3CCC(Nc4ncc5c(n4)C(N)=C(Cl)C=NOC5(O)O)CC3)C(O)NCC(O)(O)O)cn2)cn1. The molecule has 18 nitrogen and oxygen atoms in total. The van der Waals surface area contributed by atoms with Gasteiger partial charge in [-0.3, -0.25) is 15.0 Å². The van der Waals surface area contributed by atoms with Crippen molar-refractivity contribution < 1.29 is 35.5 Å². The van der Waals surface area contributed by atoms with E-state index in [2.05, 4.69) is 45.7 Å². The van der Waals surface area contributed by atoms with Crippen molar-refractivity contribution >= 4 is 35.3 Å². The smallest absolute Gasteiger partial charge is 0.377 e. The van der Waals surface area contributed by atoms with Gasteiger partial charge in [0, 0.05) is 36.6 Å². The normalized spacial score (nSPS) is 20.5. The van der Waals surface area contributed by atoms with Crippen LogP contribution in [0.5, 0.6) is 0 Å². The average molecular weight is 648 g/mol. The molecule has 0 saturated heterocycles. The number of nitrogens with one attached hydrogen (secondary N) is 2. The van der Waals surface area contributed by atoms with E-state index in [1.165, 1.54) is 6.20 Å². The van der Waals surface area contributed by atoms with E-state index in [0.29, 0.717) is 43.7 Å². The van der Waals surface area contributed by atoms with Crippen LogP contribution >= 0.6 is 11.6 Å². The maximum Gasteiger partial charge on any atom is 0.377 e. The quantitative estimate of drug-likeness (QED) is 0.118. The summed E-state index contributed by atoms with van der Waals surface area (Å²) in [6, 6.07) is -0.385. The predicted molar refractivity (Wildman–Crippen MR) is 159 cm³/mol. The lowest BCUT2D eigenvalue weighted by Gasteiger charge is -2.40. The molecule has 0 amide bonds. The molecule has 4 heterocycles. The predicted octanol–water partition coefficient (Wildman–Crippen LogP) is -1.15. The Morgan fingerprint density at radius 1 is 1.13 bits per heavy atom. The van der Waals surface area contributed by atoms with Crippen molar-refractivity contribution in [1.29, 1.82) is 0 Å². The van der Waals surface area contributed by atoms with Crippen molar-refractivity contribution in [3.63, 3.8) is 0 Å². The molecule has 0 bridgehead atoms. The molecule has 0 spiro atoms. The van der Waals surface area contributed by atoms with E-state index in [-0.39, 0.29) is 40.0 Å². The molecule has 0 aromatic carbocycles. The first-order chi connectivity index (χ1) is 21.3. The van der Waals surface area contributed by atoms with E-state index in [1.807, 2.05) is 13.1 Å². The first-order valence-electron chi connectivity index (χ1n) is 14.0. The van der Waals surface area contributed by atoms with Gasteiger partial charge in [0.2, 0.25) is 5.95 Å². The van der Waals surface area contributed by atoms with Gasteiger partial charge in [-0.25, -0.2) is 15.0 Å². The second-order valence-electron chi connectivity index (χ2n) is 10.6. The number of aliphatic hydroxyl groups excluding tert-OH is 1. The number of aryl methyl sites for hydroxylation is 1. The minimum atomic E-state index is -3.04. The van der Waals surface area contributed by atoms with Crippen LogP contribution in [-0.2, 0) is 17.4 Å². The number of nitrogens with two attached hydrogens (primary N) is 1. The Morgan fingerprint density at radius 2 is 1.89 bits per heavy atom. The summed E-state index contributed by atoms with van der Waals surface area (Å²) >= 11 is 6.12. The molecule has 1 aliphatic carbocycles. The molecule has 0 radical (unpaired) electrons. The lowest BCUT2D eigenvalue weighted by Crippen LogP contribution is -2.56. The van der Waals surface area contributed by atoms with Gasteiger partial charge in [-0.1, -0.05) is 16.8 Å². The lowest BCUT2D eigenvalue weighted by atomic mass is 9.90. The van der Waals surface area contributed by atoms with Crippen LogP contribution in [0.15, 0.2) is 41.2 Å². The number of hydrogen-bond acceptors (Lipinski definition) is 17. The van der Waals surface area contributed by atoms with Gasteiger partial charge in [0.15, 0.2) is 6.35 Å². The highest BCUT2D eigenvalue weighted by Crippen LogP contribution is 2.32. The van der Waals surface area contributed by atoms with E-state index >= 15 is 0 Å². The van der Waals surface area contributed by atoms with Crippen LogP contribution in [0, 0.1) is 0 Å². The number of fused-ring (bicyclic) bond motifs is 1. The first-order valence-corrected chi connectivity index (χ1v) is 14.4. The van der Waals surface area contributed by atoms with E-state index in [0.717, 1.165) is 18.0 Å². The fourth-order valence-electron chi connectivity index (χ4n) is 5.06. The summed E-state index contributed by atoms with van der Waals surface area (Å²) < 4.78 is 1.76. The van der Waals surface area contributed by atoms with Crippen LogP contribution in [-0.4, -0.2) is 97.5 Å². The highest BCUT2D eigenvalue weighted by atomic mass is 35.5. The summed E-state index contributed by atoms with van der Waals surface area (Å²) in [4.78, 5) is 23.8. The van der Waals surface area contributed by atoms with Crippen LogP contribution < -0.4 is 21.3 Å². The number of rotatable bonds is 10. The molecule has 1 unspecified atom stereocenters. The minimum absolute atomic E-state index is 0.0165. The lowest BCUT2D eigenvalue weighted by molar-refractivity contribution is -0.351. The summed E-state index contributed by atoms with van der Waals surface area (Å²) in [5.74, 6) is -5.38. The van der Waals surface area contributed by atoms with Crippen molar-refractivity contribution in [3.8, 4) is 11.3 Å². The van der Waals surface area contributed by atoms with Crippen molar-refractivity contribution in [2.45, 2.75) is 69.5 Å². The largest absolute Gasteiger partial charge is 0.396 e. The van der Waals surface area contributed by atoms with E-state index < -0.39 is 24.8 Å². The van der Waals surface area contributed by atoms with Crippen molar-refractivity contribution in [2.75, 3.05) is 16.8 Å². The summed E-state index contributed by atoms with van der Waals surface area (Å²) in [5, 5.41) is 72.9. The number of aliphatic hydroxyl groups is 6. The molecule has 5 rings (SSSR count). The van der Waals surface area contributed by atoms with E-state index in [1.54, 1.807) is 22.0 Å². The average Bonchev–Trinajstić information content (AvgIpc) is 3.49. The Hall–Kier alpha value is -4.01. The highest BCUT2D eigenvalue weighted by molar-refractivity contribution is 6.42. The summed E-state index contributed by atoms with van der Waals surface area (Å²) in [6.07, 6.45) is 9.57. The third-order valence-electron chi connectivity index (χ3n) is 7.36. The van der Waals surface area contributed by atoms with Crippen LogP contribution in [0.25, 0.3) is 17.0 Å². The Balaban J connectivity index is 1.31. The van der Waals surface area contributed by atoms with Crippen molar-refractivity contribution in [2.24, 2.45) is 10.9 Å².